The van der Waals surface area contributed by atoms with E-state index in [1.54, 1.807) is 26.3 Å². The highest BCUT2D eigenvalue weighted by atomic mass is 35.5. The third-order valence-corrected chi connectivity index (χ3v) is 3.12. The number of anilines is 1. The summed E-state index contributed by atoms with van der Waals surface area (Å²) < 4.78 is 9.97. The fourth-order valence-corrected chi connectivity index (χ4v) is 2.18. The van der Waals surface area contributed by atoms with E-state index in [1.165, 1.54) is 13.3 Å². The van der Waals surface area contributed by atoms with Gasteiger partial charge in [0, 0.05) is 18.6 Å². The second-order valence-corrected chi connectivity index (χ2v) is 4.17. The molecule has 0 saturated carbocycles. The molecule has 100 valence electrons. The fourth-order valence-electron chi connectivity index (χ4n) is 1.93. The Bertz CT molecular complexity index is 643. The molecule has 2 rings (SSSR count). The van der Waals surface area contributed by atoms with E-state index >= 15 is 0 Å². The predicted molar refractivity (Wildman–Crippen MR) is 74.2 cm³/mol. The molecule has 1 aromatic heterocycles. The van der Waals surface area contributed by atoms with Gasteiger partial charge in [-0.25, -0.2) is 4.79 Å². The molecule has 2 aromatic rings. The number of carbonyl (C=O) groups excluding carboxylic acids is 1. The maximum absolute atomic E-state index is 11.7. The molecule has 0 radical (unpaired) electrons. The van der Waals surface area contributed by atoms with E-state index in [0.29, 0.717) is 32.9 Å². The van der Waals surface area contributed by atoms with Crippen LogP contribution < -0.4 is 10.1 Å². The zero-order chi connectivity index (χ0) is 14.0. The van der Waals surface area contributed by atoms with E-state index in [2.05, 4.69) is 10.3 Å². The number of hydrogen-bond donors (Lipinski definition) is 1. The van der Waals surface area contributed by atoms with Crippen LogP contribution in [-0.2, 0) is 4.74 Å². The Balaban J connectivity index is 2.86. The van der Waals surface area contributed by atoms with E-state index in [1.807, 2.05) is 0 Å². The number of halogens is 1. The van der Waals surface area contributed by atoms with Crippen molar-refractivity contribution >= 4 is 34.2 Å². The highest BCUT2D eigenvalue weighted by molar-refractivity contribution is 6.37. The summed E-state index contributed by atoms with van der Waals surface area (Å²) >= 11 is 6.20. The Kier molecular flexibility index (Phi) is 3.76. The molecule has 5 nitrogen and oxygen atoms in total. The molecule has 6 heteroatoms. The van der Waals surface area contributed by atoms with Gasteiger partial charge in [-0.2, -0.15) is 0 Å². The number of esters is 1. The molecule has 0 aliphatic rings. The van der Waals surface area contributed by atoms with Crippen LogP contribution in [-0.4, -0.2) is 32.2 Å². The number of hydrogen-bond acceptors (Lipinski definition) is 5. The largest absolute Gasteiger partial charge is 0.494 e. The van der Waals surface area contributed by atoms with Gasteiger partial charge in [0.2, 0.25) is 0 Å². The van der Waals surface area contributed by atoms with Crippen molar-refractivity contribution < 1.29 is 14.3 Å². The van der Waals surface area contributed by atoms with Crippen LogP contribution >= 0.6 is 11.6 Å². The predicted octanol–water partition coefficient (Wildman–Crippen LogP) is 2.73. The lowest BCUT2D eigenvalue weighted by Crippen LogP contribution is -2.07. The van der Waals surface area contributed by atoms with Gasteiger partial charge in [0.1, 0.15) is 16.8 Å². The van der Waals surface area contributed by atoms with Crippen molar-refractivity contribution in [3.63, 3.8) is 0 Å². The molecular weight excluding hydrogens is 268 g/mol. The van der Waals surface area contributed by atoms with Crippen molar-refractivity contribution in [3.05, 3.63) is 28.9 Å². The van der Waals surface area contributed by atoms with Gasteiger partial charge < -0.3 is 14.8 Å². The minimum atomic E-state index is -0.474. The third-order valence-electron chi connectivity index (χ3n) is 2.81. The van der Waals surface area contributed by atoms with Crippen molar-refractivity contribution in [1.82, 2.24) is 4.98 Å². The van der Waals surface area contributed by atoms with Crippen molar-refractivity contribution in [1.29, 1.82) is 0 Å². The molecule has 0 aliphatic carbocycles. The first-order valence-corrected chi connectivity index (χ1v) is 5.93. The summed E-state index contributed by atoms with van der Waals surface area (Å²) in [4.78, 5) is 16.0. The number of nitrogens with one attached hydrogen (secondary N) is 1. The summed E-state index contributed by atoms with van der Waals surface area (Å²) in [6, 6.07) is 3.43. The normalized spacial score (nSPS) is 10.3. The lowest BCUT2D eigenvalue weighted by atomic mass is 10.1. The highest BCUT2D eigenvalue weighted by Gasteiger charge is 2.18. The van der Waals surface area contributed by atoms with E-state index in [4.69, 9.17) is 21.1 Å². The molecule has 0 spiro atoms. The summed E-state index contributed by atoms with van der Waals surface area (Å²) in [5, 5.41) is 4.08. The number of carbonyl (C=O) groups is 1. The van der Waals surface area contributed by atoms with Crippen LogP contribution in [0.25, 0.3) is 10.9 Å². The van der Waals surface area contributed by atoms with Gasteiger partial charge in [0.25, 0.3) is 0 Å². The summed E-state index contributed by atoms with van der Waals surface area (Å²) in [6.07, 6.45) is 1.44. The summed E-state index contributed by atoms with van der Waals surface area (Å²) in [7, 11) is 4.58. The molecule has 0 unspecified atom stereocenters. The molecule has 0 aliphatic heterocycles. The lowest BCUT2D eigenvalue weighted by molar-refractivity contribution is 0.0601. The molecular formula is C13H13ClN2O3. The number of nitrogens with zero attached hydrogens (tertiary/aromatic N) is 1. The lowest BCUT2D eigenvalue weighted by Gasteiger charge is -2.13. The molecule has 0 amide bonds. The number of rotatable bonds is 3. The Morgan fingerprint density at radius 2 is 2.11 bits per heavy atom. The second kappa shape index (κ2) is 5.32. The van der Waals surface area contributed by atoms with E-state index in [-0.39, 0.29) is 0 Å². The van der Waals surface area contributed by atoms with Gasteiger partial charge in [-0.3, -0.25) is 4.98 Å². The van der Waals surface area contributed by atoms with Crippen LogP contribution in [0.2, 0.25) is 5.02 Å². The van der Waals surface area contributed by atoms with E-state index in [9.17, 15) is 4.79 Å². The molecule has 0 atom stereocenters. The monoisotopic (exact) mass is 280 g/mol. The molecule has 19 heavy (non-hydrogen) atoms. The van der Waals surface area contributed by atoms with Crippen LogP contribution in [0.5, 0.6) is 5.75 Å². The first-order valence-electron chi connectivity index (χ1n) is 5.55. The first-order chi connectivity index (χ1) is 9.13. The Morgan fingerprint density at radius 1 is 1.37 bits per heavy atom. The van der Waals surface area contributed by atoms with Crippen LogP contribution in [0.4, 0.5) is 5.69 Å². The summed E-state index contributed by atoms with van der Waals surface area (Å²) in [6.45, 7) is 0. The molecule has 0 bridgehead atoms. The van der Waals surface area contributed by atoms with Crippen molar-refractivity contribution in [2.45, 2.75) is 0 Å². The summed E-state index contributed by atoms with van der Waals surface area (Å²) in [5.74, 6) is 0.116. The quantitative estimate of drug-likeness (QED) is 0.876. The average molecular weight is 281 g/mol. The topological polar surface area (TPSA) is 60.5 Å². The molecule has 1 N–H and O–H groups in total. The van der Waals surface area contributed by atoms with Gasteiger partial charge in [-0.1, -0.05) is 11.6 Å². The maximum Gasteiger partial charge on any atom is 0.341 e. The number of benzene rings is 1. The second-order valence-electron chi connectivity index (χ2n) is 3.76. The van der Waals surface area contributed by atoms with Crippen LogP contribution in [0.15, 0.2) is 18.3 Å². The van der Waals surface area contributed by atoms with E-state index in [0.717, 1.165) is 0 Å². The Hall–Kier alpha value is -2.01. The average Bonchev–Trinajstić information content (AvgIpc) is 2.45. The van der Waals surface area contributed by atoms with Gasteiger partial charge >= 0.3 is 5.97 Å². The highest BCUT2D eigenvalue weighted by Crippen LogP contribution is 2.36. The van der Waals surface area contributed by atoms with Crippen molar-refractivity contribution in [3.8, 4) is 5.75 Å². The standard InChI is InChI=1S/C13H13ClN2O3/c1-15-11-7(13(17)19-3)6-16-12-9(18-2)5-4-8(14)10(11)12/h4-6H,1-3H3,(H,15,16). The van der Waals surface area contributed by atoms with Crippen LogP contribution in [0.3, 0.4) is 0 Å². The summed E-state index contributed by atoms with van der Waals surface area (Å²) in [5.41, 5.74) is 1.49. The fraction of sp³-hybridized carbons (Fsp3) is 0.231. The minimum Gasteiger partial charge on any atom is -0.494 e. The van der Waals surface area contributed by atoms with Crippen molar-refractivity contribution in [2.75, 3.05) is 26.6 Å². The molecule has 1 aromatic carbocycles. The Morgan fingerprint density at radius 3 is 2.68 bits per heavy atom. The molecule has 1 heterocycles. The zero-order valence-corrected chi connectivity index (χ0v) is 11.5. The third kappa shape index (κ3) is 2.17. The van der Waals surface area contributed by atoms with Gasteiger partial charge in [0.05, 0.1) is 24.9 Å². The minimum absolute atomic E-state index is 0.327. The molecule has 0 saturated heterocycles. The number of fused-ring (bicyclic) bond motifs is 1. The molecule has 0 fully saturated rings. The number of aromatic nitrogens is 1. The number of pyridine rings is 1. The van der Waals surface area contributed by atoms with Crippen LogP contribution in [0, 0.1) is 0 Å². The van der Waals surface area contributed by atoms with Gasteiger partial charge in [-0.05, 0) is 12.1 Å². The first kappa shape index (κ1) is 13.4. The van der Waals surface area contributed by atoms with Gasteiger partial charge in [0.15, 0.2) is 0 Å². The smallest absolute Gasteiger partial charge is 0.341 e. The number of methoxy groups -OCH3 is 2. The Labute approximate surface area is 115 Å². The van der Waals surface area contributed by atoms with Crippen molar-refractivity contribution in [2.24, 2.45) is 0 Å². The number of ether oxygens (including phenoxy) is 2. The van der Waals surface area contributed by atoms with E-state index < -0.39 is 5.97 Å². The zero-order valence-electron chi connectivity index (χ0n) is 10.8. The maximum atomic E-state index is 11.7. The van der Waals surface area contributed by atoms with Gasteiger partial charge in [-0.15, -0.1) is 0 Å². The SMILES string of the molecule is CNc1c(C(=O)OC)cnc2c(OC)ccc(Cl)c12. The van der Waals surface area contributed by atoms with Crippen LogP contribution in [0.1, 0.15) is 10.4 Å².